The van der Waals surface area contributed by atoms with E-state index in [1.807, 2.05) is 48.5 Å². The molecule has 0 spiro atoms. The van der Waals surface area contributed by atoms with Gasteiger partial charge in [-0.1, -0.05) is 24.3 Å². The second-order valence-corrected chi connectivity index (χ2v) is 4.95. The summed E-state index contributed by atoms with van der Waals surface area (Å²) in [6, 6.07) is 15.2. The molecule has 0 aliphatic carbocycles. The number of hydroxylamine groups is 2. The van der Waals surface area contributed by atoms with Gasteiger partial charge in [-0.3, -0.25) is 0 Å². The smallest absolute Gasteiger partial charge is 0.147 e. The summed E-state index contributed by atoms with van der Waals surface area (Å²) in [6.07, 6.45) is 0. The Kier molecular flexibility index (Phi) is 3.16. The van der Waals surface area contributed by atoms with Crippen LogP contribution in [-0.2, 0) is 0 Å². The van der Waals surface area contributed by atoms with E-state index in [0.717, 1.165) is 21.5 Å². The fourth-order valence-corrected chi connectivity index (χ4v) is 2.89. The standard InChI is InChI=1S/C16H16N2O2/c1-17(19)15-11-7-3-5-9-13(11)16(18(2)20)14-10-6-4-8-12(14)15/h3-10,17-18H,1-2H3. The van der Waals surface area contributed by atoms with Crippen LogP contribution in [0.1, 0.15) is 0 Å². The number of nitrogens with one attached hydrogen (secondary N) is 2. The third kappa shape index (κ3) is 1.87. The molecule has 0 bridgehead atoms. The van der Waals surface area contributed by atoms with E-state index in [1.165, 1.54) is 0 Å². The summed E-state index contributed by atoms with van der Waals surface area (Å²) in [5.74, 6) is 0. The van der Waals surface area contributed by atoms with Crippen molar-refractivity contribution in [1.82, 2.24) is 0 Å². The quantitative estimate of drug-likeness (QED) is 0.543. The summed E-state index contributed by atoms with van der Waals surface area (Å²) < 4.78 is 0. The number of rotatable bonds is 2. The SMILES string of the molecule is C[NH+]([O-])c1c2ccccc2c([NH+](C)[O-])c2ccccc12. The van der Waals surface area contributed by atoms with Crippen LogP contribution in [0.2, 0.25) is 0 Å². The van der Waals surface area contributed by atoms with Gasteiger partial charge in [-0.15, -0.1) is 0 Å². The molecule has 0 saturated heterocycles. The average Bonchev–Trinajstić information content (AvgIpc) is 2.43. The van der Waals surface area contributed by atoms with Gasteiger partial charge in [0.1, 0.15) is 11.4 Å². The van der Waals surface area contributed by atoms with Crippen LogP contribution in [0.4, 0.5) is 11.4 Å². The van der Waals surface area contributed by atoms with Gasteiger partial charge in [0.25, 0.3) is 0 Å². The molecule has 0 fully saturated rings. The summed E-state index contributed by atoms with van der Waals surface area (Å²) in [5.41, 5.74) is 1.39. The molecule has 0 saturated carbocycles. The van der Waals surface area contributed by atoms with Crippen molar-refractivity contribution < 1.29 is 10.1 Å². The minimum Gasteiger partial charge on any atom is -0.629 e. The van der Waals surface area contributed by atoms with Crippen LogP contribution in [0.5, 0.6) is 0 Å². The van der Waals surface area contributed by atoms with Crippen molar-refractivity contribution in [3.8, 4) is 0 Å². The maximum Gasteiger partial charge on any atom is 0.147 e. The van der Waals surface area contributed by atoms with Gasteiger partial charge in [0, 0.05) is 21.5 Å². The zero-order valence-electron chi connectivity index (χ0n) is 11.4. The fraction of sp³-hybridized carbons (Fsp3) is 0.125. The predicted octanol–water partition coefficient (Wildman–Crippen LogP) is 1.28. The van der Waals surface area contributed by atoms with E-state index in [-0.39, 0.29) is 10.1 Å². The molecule has 4 nitrogen and oxygen atoms in total. The molecule has 4 heteroatoms. The van der Waals surface area contributed by atoms with Crippen LogP contribution >= 0.6 is 0 Å². The lowest BCUT2D eigenvalue weighted by Crippen LogP contribution is -2.99. The van der Waals surface area contributed by atoms with Gasteiger partial charge in [-0.2, -0.15) is 0 Å². The summed E-state index contributed by atoms with van der Waals surface area (Å²) in [4.78, 5) is 0. The molecule has 3 aromatic rings. The lowest BCUT2D eigenvalue weighted by Gasteiger charge is -2.25. The highest BCUT2D eigenvalue weighted by atomic mass is 16.5. The zero-order chi connectivity index (χ0) is 14.3. The molecule has 2 unspecified atom stereocenters. The normalized spacial score (nSPS) is 14.6. The molecular weight excluding hydrogens is 252 g/mol. The molecule has 102 valence electrons. The Hall–Kier alpha value is -1.98. The fourth-order valence-electron chi connectivity index (χ4n) is 2.89. The zero-order valence-corrected chi connectivity index (χ0v) is 11.4. The Morgan fingerprint density at radius 2 is 0.850 bits per heavy atom. The van der Waals surface area contributed by atoms with Crippen LogP contribution in [0.25, 0.3) is 21.5 Å². The van der Waals surface area contributed by atoms with Gasteiger partial charge in [0.15, 0.2) is 0 Å². The summed E-state index contributed by atoms with van der Waals surface area (Å²) >= 11 is 0. The topological polar surface area (TPSA) is 55.0 Å². The Bertz CT molecular complexity index is 659. The van der Waals surface area contributed by atoms with Gasteiger partial charge in [-0.05, 0) is 24.3 Å². The van der Waals surface area contributed by atoms with Crippen LogP contribution < -0.4 is 10.1 Å². The van der Waals surface area contributed by atoms with E-state index < -0.39 is 0 Å². The van der Waals surface area contributed by atoms with Crippen molar-refractivity contribution >= 4 is 32.9 Å². The first-order valence-corrected chi connectivity index (χ1v) is 6.56. The second kappa shape index (κ2) is 4.85. The van der Waals surface area contributed by atoms with Gasteiger partial charge < -0.3 is 20.5 Å². The predicted molar refractivity (Wildman–Crippen MR) is 81.3 cm³/mol. The van der Waals surface area contributed by atoms with E-state index in [4.69, 9.17) is 0 Å². The minimum atomic E-state index is 0.0208. The minimum absolute atomic E-state index is 0.0208. The van der Waals surface area contributed by atoms with Crippen molar-refractivity contribution in [2.45, 2.75) is 0 Å². The summed E-state index contributed by atoms with van der Waals surface area (Å²) in [7, 11) is 3.14. The summed E-state index contributed by atoms with van der Waals surface area (Å²) in [6.45, 7) is 0. The van der Waals surface area contributed by atoms with Crippen molar-refractivity contribution in [2.75, 3.05) is 14.1 Å². The van der Waals surface area contributed by atoms with E-state index in [9.17, 15) is 10.4 Å². The third-order valence-electron chi connectivity index (χ3n) is 3.64. The second-order valence-electron chi connectivity index (χ2n) is 4.95. The molecule has 0 aromatic heterocycles. The average molecular weight is 268 g/mol. The van der Waals surface area contributed by atoms with Crippen molar-refractivity contribution in [3.63, 3.8) is 0 Å². The number of quaternary nitrogens is 2. The van der Waals surface area contributed by atoms with Crippen molar-refractivity contribution in [3.05, 3.63) is 58.9 Å². The van der Waals surface area contributed by atoms with E-state index in [1.54, 1.807) is 14.1 Å². The van der Waals surface area contributed by atoms with Gasteiger partial charge >= 0.3 is 0 Å². The highest BCUT2D eigenvalue weighted by Crippen LogP contribution is 2.35. The third-order valence-corrected chi connectivity index (χ3v) is 3.64. The number of hydrogen-bond donors (Lipinski definition) is 2. The van der Waals surface area contributed by atoms with Gasteiger partial charge in [0.2, 0.25) is 0 Å². The molecule has 0 aliphatic heterocycles. The number of benzene rings is 3. The largest absolute Gasteiger partial charge is 0.629 e. The Labute approximate surface area is 117 Å². The first-order chi connectivity index (χ1) is 9.61. The van der Waals surface area contributed by atoms with Gasteiger partial charge in [-0.25, -0.2) is 0 Å². The molecule has 0 radical (unpaired) electrons. The molecule has 0 aliphatic rings. The monoisotopic (exact) mass is 268 g/mol. The van der Waals surface area contributed by atoms with Crippen molar-refractivity contribution in [1.29, 1.82) is 0 Å². The van der Waals surface area contributed by atoms with Crippen molar-refractivity contribution in [2.24, 2.45) is 0 Å². The molecular formula is C16H16N2O2. The first kappa shape index (κ1) is 13.0. The van der Waals surface area contributed by atoms with Gasteiger partial charge in [0.05, 0.1) is 14.1 Å². The summed E-state index contributed by atoms with van der Waals surface area (Å²) in [5, 5.41) is 27.6. The molecule has 0 amide bonds. The van der Waals surface area contributed by atoms with E-state index >= 15 is 0 Å². The van der Waals surface area contributed by atoms with Crippen LogP contribution in [-0.4, -0.2) is 14.1 Å². The Morgan fingerprint density at radius 3 is 1.05 bits per heavy atom. The Balaban J connectivity index is 2.62. The molecule has 2 atom stereocenters. The molecule has 3 aromatic carbocycles. The van der Waals surface area contributed by atoms with Crippen LogP contribution in [0.3, 0.4) is 0 Å². The molecule has 3 rings (SSSR count). The first-order valence-electron chi connectivity index (χ1n) is 6.56. The maximum atomic E-state index is 12.1. The lowest BCUT2D eigenvalue weighted by molar-refractivity contribution is -0.751. The van der Waals surface area contributed by atoms with Crippen LogP contribution in [0, 0.1) is 10.4 Å². The highest BCUT2D eigenvalue weighted by Gasteiger charge is 2.19. The van der Waals surface area contributed by atoms with E-state index in [0.29, 0.717) is 11.4 Å². The molecule has 2 N–H and O–H groups in total. The van der Waals surface area contributed by atoms with E-state index in [2.05, 4.69) is 0 Å². The molecule has 20 heavy (non-hydrogen) atoms. The highest BCUT2D eigenvalue weighted by molar-refractivity contribution is 6.15. The Morgan fingerprint density at radius 1 is 0.600 bits per heavy atom. The lowest BCUT2D eigenvalue weighted by atomic mass is 9.98. The number of fused-ring (bicyclic) bond motifs is 2. The maximum absolute atomic E-state index is 12.1. The number of hydrogen-bond acceptors (Lipinski definition) is 2. The molecule has 0 heterocycles. The van der Waals surface area contributed by atoms with Crippen LogP contribution in [0.15, 0.2) is 48.5 Å².